The molecule has 0 aromatic heterocycles. The Labute approximate surface area is 89.3 Å². The topological polar surface area (TPSA) is 63.3 Å². The number of carbonyl (C=O) groups is 1. The molecule has 0 bridgehead atoms. The molecule has 3 nitrogen and oxygen atoms in total. The summed E-state index contributed by atoms with van der Waals surface area (Å²) in [5, 5.41) is 8.67. The first kappa shape index (κ1) is 11.9. The van der Waals surface area contributed by atoms with Crippen LogP contribution in [0.5, 0.6) is 0 Å². The molecule has 0 saturated heterocycles. The highest BCUT2D eigenvalue weighted by Gasteiger charge is 2.19. The molecule has 0 heterocycles. The van der Waals surface area contributed by atoms with Crippen molar-refractivity contribution >= 4 is 17.7 Å². The molecular weight excluding hydrogens is 224 g/mol. The molecule has 1 atom stereocenters. The Balaban J connectivity index is 3.00. The summed E-state index contributed by atoms with van der Waals surface area (Å²) in [6.45, 7) is 0. The van der Waals surface area contributed by atoms with Gasteiger partial charge in [-0.1, -0.05) is 30.0 Å². The Bertz CT molecular complexity index is 360. The number of hydrogen-bond acceptors (Lipinski definition) is 3. The number of nitrogens with two attached hydrogens (primary N) is 1. The van der Waals surface area contributed by atoms with Crippen LogP contribution in [0.3, 0.4) is 0 Å². The molecule has 0 aliphatic carbocycles. The zero-order valence-electron chi connectivity index (χ0n) is 7.56. The number of halogens is 2. The van der Waals surface area contributed by atoms with Crippen molar-refractivity contribution in [3.05, 3.63) is 29.8 Å². The van der Waals surface area contributed by atoms with Gasteiger partial charge in [0, 0.05) is 4.90 Å². The number of alkyl halides is 2. The average molecular weight is 233 g/mol. The van der Waals surface area contributed by atoms with Crippen LogP contribution in [-0.4, -0.2) is 16.8 Å². The van der Waals surface area contributed by atoms with Crippen LogP contribution in [0.1, 0.15) is 11.6 Å². The number of carboxylic acid groups (broad SMARTS) is 1. The van der Waals surface area contributed by atoms with E-state index in [1.54, 1.807) is 12.1 Å². The number of thioether (sulfide) groups is 1. The second-order valence-corrected chi connectivity index (χ2v) is 3.76. The van der Waals surface area contributed by atoms with Gasteiger partial charge in [-0.25, -0.2) is 0 Å². The molecule has 0 saturated carbocycles. The molecule has 0 amide bonds. The van der Waals surface area contributed by atoms with Crippen molar-refractivity contribution in [2.45, 2.75) is 16.7 Å². The third-order valence-corrected chi connectivity index (χ3v) is 2.54. The van der Waals surface area contributed by atoms with Crippen molar-refractivity contribution in [3.63, 3.8) is 0 Å². The van der Waals surface area contributed by atoms with Crippen LogP contribution in [0.15, 0.2) is 29.2 Å². The van der Waals surface area contributed by atoms with E-state index < -0.39 is 17.8 Å². The second-order valence-electron chi connectivity index (χ2n) is 2.73. The molecule has 0 radical (unpaired) electrons. The summed E-state index contributed by atoms with van der Waals surface area (Å²) in [5.74, 6) is -3.83. The Morgan fingerprint density at radius 3 is 2.53 bits per heavy atom. The van der Waals surface area contributed by atoms with Gasteiger partial charge in [0.2, 0.25) is 0 Å². The van der Waals surface area contributed by atoms with E-state index in [0.717, 1.165) is 0 Å². The van der Waals surface area contributed by atoms with Crippen LogP contribution >= 0.6 is 11.8 Å². The number of benzene rings is 1. The van der Waals surface area contributed by atoms with E-state index in [4.69, 9.17) is 10.8 Å². The summed E-state index contributed by atoms with van der Waals surface area (Å²) in [4.78, 5) is 10.8. The van der Waals surface area contributed by atoms with Crippen molar-refractivity contribution in [3.8, 4) is 0 Å². The molecule has 0 aliphatic rings. The van der Waals surface area contributed by atoms with E-state index in [-0.39, 0.29) is 10.5 Å². The monoisotopic (exact) mass is 233 g/mol. The summed E-state index contributed by atoms with van der Waals surface area (Å²) in [6.07, 6.45) is 0. The maximum Gasteiger partial charge on any atom is 0.325 e. The zero-order valence-corrected chi connectivity index (χ0v) is 8.38. The molecule has 1 aromatic rings. The Kier molecular flexibility index (Phi) is 4.05. The lowest BCUT2D eigenvalue weighted by Crippen LogP contribution is -2.21. The Morgan fingerprint density at radius 2 is 2.00 bits per heavy atom. The third kappa shape index (κ3) is 3.17. The summed E-state index contributed by atoms with van der Waals surface area (Å²) >= 11 is 0.294. The van der Waals surface area contributed by atoms with Crippen molar-refractivity contribution in [2.24, 2.45) is 5.73 Å². The minimum Gasteiger partial charge on any atom is -0.480 e. The number of aliphatic carboxylic acids is 1. The minimum absolute atomic E-state index is 0.197. The molecule has 82 valence electrons. The normalized spacial score (nSPS) is 12.8. The van der Waals surface area contributed by atoms with Crippen molar-refractivity contribution in [1.82, 2.24) is 0 Å². The van der Waals surface area contributed by atoms with E-state index >= 15 is 0 Å². The van der Waals surface area contributed by atoms with Crippen molar-refractivity contribution < 1.29 is 18.7 Å². The molecule has 0 aliphatic heterocycles. The van der Waals surface area contributed by atoms with Gasteiger partial charge >= 0.3 is 5.97 Å². The average Bonchev–Trinajstić information content (AvgIpc) is 2.16. The fourth-order valence-electron chi connectivity index (χ4n) is 1.07. The lowest BCUT2D eigenvalue weighted by Gasteiger charge is -2.11. The standard InChI is InChI=1S/C9H9F2NO2S/c10-9(11)15-6-4-2-1-3-5(6)7(12)8(13)14/h1-4,7,9H,12H2,(H,13,14). The number of rotatable bonds is 4. The summed E-state index contributed by atoms with van der Waals surface area (Å²) < 4.78 is 24.3. The first-order valence-corrected chi connectivity index (χ1v) is 4.92. The SMILES string of the molecule is NC(C(=O)O)c1ccccc1SC(F)F. The second kappa shape index (κ2) is 5.09. The van der Waals surface area contributed by atoms with Crippen molar-refractivity contribution in [1.29, 1.82) is 0 Å². The lowest BCUT2D eigenvalue weighted by atomic mass is 10.1. The van der Waals surface area contributed by atoms with E-state index in [1.807, 2.05) is 0 Å². The van der Waals surface area contributed by atoms with Crippen LogP contribution in [0.4, 0.5) is 8.78 Å². The molecule has 6 heteroatoms. The van der Waals surface area contributed by atoms with Gasteiger partial charge in [-0.15, -0.1) is 0 Å². The highest BCUT2D eigenvalue weighted by atomic mass is 32.2. The largest absolute Gasteiger partial charge is 0.480 e. The van der Waals surface area contributed by atoms with Gasteiger partial charge in [-0.05, 0) is 11.6 Å². The van der Waals surface area contributed by atoms with Crippen LogP contribution in [-0.2, 0) is 4.79 Å². The molecule has 15 heavy (non-hydrogen) atoms. The Hall–Kier alpha value is -1.14. The van der Waals surface area contributed by atoms with Gasteiger partial charge in [-0.3, -0.25) is 4.79 Å². The highest BCUT2D eigenvalue weighted by Crippen LogP contribution is 2.30. The van der Waals surface area contributed by atoms with E-state index in [1.165, 1.54) is 12.1 Å². The molecule has 0 spiro atoms. The lowest BCUT2D eigenvalue weighted by molar-refractivity contribution is -0.138. The van der Waals surface area contributed by atoms with Gasteiger partial charge in [0.25, 0.3) is 5.76 Å². The quantitative estimate of drug-likeness (QED) is 0.781. The van der Waals surface area contributed by atoms with Gasteiger partial charge in [0.15, 0.2) is 0 Å². The first-order chi connectivity index (χ1) is 7.02. The smallest absolute Gasteiger partial charge is 0.325 e. The zero-order chi connectivity index (χ0) is 11.4. The fraction of sp³-hybridized carbons (Fsp3) is 0.222. The highest BCUT2D eigenvalue weighted by molar-refractivity contribution is 7.99. The maximum absolute atomic E-state index is 12.1. The van der Waals surface area contributed by atoms with Gasteiger partial charge in [-0.2, -0.15) is 8.78 Å². The maximum atomic E-state index is 12.1. The Morgan fingerprint density at radius 1 is 1.40 bits per heavy atom. The molecule has 3 N–H and O–H groups in total. The number of carboxylic acids is 1. The molecule has 1 rings (SSSR count). The number of hydrogen-bond donors (Lipinski definition) is 2. The molecule has 0 fully saturated rings. The van der Waals surface area contributed by atoms with Crippen LogP contribution < -0.4 is 5.73 Å². The fourth-order valence-corrected chi connectivity index (χ4v) is 1.75. The summed E-state index contributed by atoms with van der Waals surface area (Å²) in [5.41, 5.74) is 5.56. The van der Waals surface area contributed by atoms with E-state index in [0.29, 0.717) is 11.8 Å². The molecule has 1 aromatic carbocycles. The van der Waals surface area contributed by atoms with Gasteiger partial charge < -0.3 is 10.8 Å². The van der Waals surface area contributed by atoms with E-state index in [9.17, 15) is 13.6 Å². The van der Waals surface area contributed by atoms with Crippen LogP contribution in [0.2, 0.25) is 0 Å². The van der Waals surface area contributed by atoms with Crippen LogP contribution in [0, 0.1) is 0 Å². The van der Waals surface area contributed by atoms with E-state index in [2.05, 4.69) is 0 Å². The van der Waals surface area contributed by atoms with Gasteiger partial charge in [0.05, 0.1) is 0 Å². The minimum atomic E-state index is -2.59. The van der Waals surface area contributed by atoms with Crippen molar-refractivity contribution in [2.75, 3.05) is 0 Å². The predicted molar refractivity (Wildman–Crippen MR) is 52.9 cm³/mol. The third-order valence-electron chi connectivity index (χ3n) is 1.74. The summed E-state index contributed by atoms with van der Waals surface area (Å²) in [7, 11) is 0. The predicted octanol–water partition coefficient (Wildman–Crippen LogP) is 2.09. The summed E-state index contributed by atoms with van der Waals surface area (Å²) in [6, 6.07) is 4.71. The molecule has 1 unspecified atom stereocenters. The van der Waals surface area contributed by atoms with Crippen LogP contribution in [0.25, 0.3) is 0 Å². The van der Waals surface area contributed by atoms with Gasteiger partial charge in [0.1, 0.15) is 6.04 Å². The first-order valence-electron chi connectivity index (χ1n) is 4.04. The molecular formula is C9H9F2NO2S.